The van der Waals surface area contributed by atoms with Gasteiger partial charge in [-0.1, -0.05) is 19.1 Å². The molecule has 0 saturated heterocycles. The van der Waals surface area contributed by atoms with Crippen molar-refractivity contribution < 1.29 is 13.2 Å². The number of aromatic nitrogens is 2. The summed E-state index contributed by atoms with van der Waals surface area (Å²) in [6.07, 6.45) is -0.396. The number of alkyl halides is 3. The number of halogens is 3. The summed E-state index contributed by atoms with van der Waals surface area (Å²) in [5.74, 6) is 1.40. The molecule has 0 radical (unpaired) electrons. The first-order valence-corrected chi connectivity index (χ1v) is 6.67. The van der Waals surface area contributed by atoms with E-state index in [2.05, 4.69) is 16.5 Å². The van der Waals surface area contributed by atoms with Gasteiger partial charge in [0.25, 0.3) is 0 Å². The van der Waals surface area contributed by atoms with E-state index in [1.54, 1.807) is 0 Å². The van der Waals surface area contributed by atoms with Crippen LogP contribution in [-0.2, 0) is 19.1 Å². The first kappa shape index (κ1) is 13.2. The fourth-order valence-corrected chi connectivity index (χ4v) is 2.67. The summed E-state index contributed by atoms with van der Waals surface area (Å²) >= 11 is 0. The summed E-state index contributed by atoms with van der Waals surface area (Å²) < 4.78 is 39.8. The lowest BCUT2D eigenvalue weighted by molar-refractivity contribution is -0.137. The molecule has 1 unspecified atom stereocenters. The van der Waals surface area contributed by atoms with Crippen LogP contribution in [0.1, 0.15) is 24.6 Å². The van der Waals surface area contributed by atoms with E-state index in [9.17, 15) is 13.2 Å². The molecule has 3 rings (SSSR count). The molecular weight excluding hydrogens is 265 g/mol. The van der Waals surface area contributed by atoms with E-state index in [0.29, 0.717) is 5.92 Å². The number of nitrogens with zero attached hydrogens (tertiary/aromatic N) is 2. The number of imidazole rings is 1. The van der Waals surface area contributed by atoms with Gasteiger partial charge < -0.3 is 4.57 Å². The molecule has 1 aromatic heterocycles. The van der Waals surface area contributed by atoms with Gasteiger partial charge >= 0.3 is 6.18 Å². The third-order valence-corrected chi connectivity index (χ3v) is 3.81. The van der Waals surface area contributed by atoms with Crippen molar-refractivity contribution in [1.29, 1.82) is 0 Å². The van der Waals surface area contributed by atoms with Gasteiger partial charge in [0, 0.05) is 24.0 Å². The Kier molecular flexibility index (Phi) is 3.07. The third kappa shape index (κ3) is 2.32. The third-order valence-electron chi connectivity index (χ3n) is 3.81. The molecule has 2 nitrogen and oxygen atoms in total. The van der Waals surface area contributed by atoms with Gasteiger partial charge in [-0.15, -0.1) is 0 Å². The van der Waals surface area contributed by atoms with Crippen LogP contribution in [0.15, 0.2) is 30.5 Å². The van der Waals surface area contributed by atoms with Crippen molar-refractivity contribution in [3.05, 3.63) is 41.7 Å². The molecule has 2 aromatic rings. The Morgan fingerprint density at radius 2 is 1.90 bits per heavy atom. The fourth-order valence-electron chi connectivity index (χ4n) is 2.67. The van der Waals surface area contributed by atoms with E-state index >= 15 is 0 Å². The monoisotopic (exact) mass is 280 g/mol. The van der Waals surface area contributed by atoms with Gasteiger partial charge in [-0.25, -0.2) is 4.98 Å². The lowest BCUT2D eigenvalue weighted by Crippen LogP contribution is -2.17. The highest BCUT2D eigenvalue weighted by atomic mass is 19.4. The van der Waals surface area contributed by atoms with Crippen molar-refractivity contribution in [3.8, 4) is 11.4 Å². The van der Waals surface area contributed by atoms with Crippen LogP contribution in [0.5, 0.6) is 0 Å². The molecule has 0 spiro atoms. The van der Waals surface area contributed by atoms with Crippen molar-refractivity contribution in [3.63, 3.8) is 0 Å². The predicted molar refractivity (Wildman–Crippen MR) is 70.2 cm³/mol. The molecule has 0 aliphatic carbocycles. The van der Waals surface area contributed by atoms with Crippen LogP contribution in [0.2, 0.25) is 0 Å². The Bertz CT molecular complexity index is 611. The minimum absolute atomic E-state index is 0.625. The average molecular weight is 280 g/mol. The lowest BCUT2D eigenvalue weighted by atomic mass is 9.98. The van der Waals surface area contributed by atoms with Gasteiger partial charge in [0.1, 0.15) is 5.82 Å². The quantitative estimate of drug-likeness (QED) is 0.767. The molecule has 0 fully saturated rings. The van der Waals surface area contributed by atoms with Gasteiger partial charge in [0.15, 0.2) is 0 Å². The van der Waals surface area contributed by atoms with E-state index in [1.165, 1.54) is 17.8 Å². The molecule has 0 bridgehead atoms. The molecule has 1 aromatic carbocycles. The van der Waals surface area contributed by atoms with Gasteiger partial charge in [-0.2, -0.15) is 13.2 Å². The second-order valence-electron chi connectivity index (χ2n) is 5.40. The molecule has 0 saturated carbocycles. The summed E-state index contributed by atoms with van der Waals surface area (Å²) in [5.41, 5.74) is 1.28. The molecule has 1 aliphatic heterocycles. The van der Waals surface area contributed by atoms with Crippen molar-refractivity contribution in [1.82, 2.24) is 9.55 Å². The van der Waals surface area contributed by atoms with E-state index in [-0.39, 0.29) is 0 Å². The molecule has 1 aliphatic rings. The molecule has 106 valence electrons. The number of fused-ring (bicyclic) bond motifs is 1. The second-order valence-corrected chi connectivity index (χ2v) is 5.40. The van der Waals surface area contributed by atoms with Crippen LogP contribution >= 0.6 is 0 Å². The first-order chi connectivity index (χ1) is 9.45. The summed E-state index contributed by atoms with van der Waals surface area (Å²) in [4.78, 5) is 4.38. The number of hydrogen-bond donors (Lipinski definition) is 0. The Morgan fingerprint density at radius 3 is 2.55 bits per heavy atom. The Hall–Kier alpha value is -1.78. The fraction of sp³-hybridized carbons (Fsp3) is 0.400. The molecule has 2 heterocycles. The van der Waals surface area contributed by atoms with E-state index in [0.717, 1.165) is 42.9 Å². The maximum atomic E-state index is 12.6. The standard InChI is InChI=1S/C15H15F3N2/c1-10-6-7-20-13(8-10)9-19-14(20)11-2-4-12(5-3-11)15(16,17)18/h2-5,9-10H,6-8H2,1H3. The predicted octanol–water partition coefficient (Wildman–Crippen LogP) is 4.15. The summed E-state index contributed by atoms with van der Waals surface area (Å²) in [6.45, 7) is 3.08. The molecule has 0 N–H and O–H groups in total. The molecular formula is C15H15F3N2. The zero-order valence-electron chi connectivity index (χ0n) is 11.1. The van der Waals surface area contributed by atoms with E-state index in [1.807, 2.05) is 6.20 Å². The SMILES string of the molecule is CC1CCn2c(cnc2-c2ccc(C(F)(F)F)cc2)C1. The topological polar surface area (TPSA) is 17.8 Å². The van der Waals surface area contributed by atoms with E-state index in [4.69, 9.17) is 0 Å². The van der Waals surface area contributed by atoms with Crippen molar-refractivity contribution in [2.45, 2.75) is 32.5 Å². The number of benzene rings is 1. The number of rotatable bonds is 1. The Morgan fingerprint density at radius 1 is 1.20 bits per heavy atom. The smallest absolute Gasteiger partial charge is 0.328 e. The second kappa shape index (κ2) is 4.65. The van der Waals surface area contributed by atoms with Crippen LogP contribution in [0.4, 0.5) is 13.2 Å². The van der Waals surface area contributed by atoms with Gasteiger partial charge in [-0.3, -0.25) is 0 Å². The van der Waals surface area contributed by atoms with Gasteiger partial charge in [0.05, 0.1) is 5.56 Å². The summed E-state index contributed by atoms with van der Waals surface area (Å²) in [7, 11) is 0. The van der Waals surface area contributed by atoms with Crippen molar-refractivity contribution >= 4 is 0 Å². The minimum atomic E-state index is -4.29. The lowest BCUT2D eigenvalue weighted by Gasteiger charge is -2.21. The van der Waals surface area contributed by atoms with Crippen molar-refractivity contribution in [2.75, 3.05) is 0 Å². The highest BCUT2D eigenvalue weighted by molar-refractivity contribution is 5.57. The zero-order valence-corrected chi connectivity index (χ0v) is 11.1. The van der Waals surface area contributed by atoms with E-state index < -0.39 is 11.7 Å². The van der Waals surface area contributed by atoms with Crippen LogP contribution in [0.25, 0.3) is 11.4 Å². The molecule has 1 atom stereocenters. The first-order valence-electron chi connectivity index (χ1n) is 6.67. The van der Waals surface area contributed by atoms with Crippen LogP contribution in [-0.4, -0.2) is 9.55 Å². The molecule has 20 heavy (non-hydrogen) atoms. The maximum absolute atomic E-state index is 12.6. The number of hydrogen-bond acceptors (Lipinski definition) is 1. The van der Waals surface area contributed by atoms with Gasteiger partial charge in [0.2, 0.25) is 0 Å². The van der Waals surface area contributed by atoms with Crippen LogP contribution in [0.3, 0.4) is 0 Å². The van der Waals surface area contributed by atoms with Gasteiger partial charge in [-0.05, 0) is 30.9 Å². The Labute approximate surface area is 115 Å². The summed E-state index contributed by atoms with van der Waals surface area (Å²) in [5, 5.41) is 0. The Balaban J connectivity index is 1.94. The maximum Gasteiger partial charge on any atom is 0.416 e. The minimum Gasteiger partial charge on any atom is -0.328 e. The van der Waals surface area contributed by atoms with Crippen LogP contribution < -0.4 is 0 Å². The highest BCUT2D eigenvalue weighted by Crippen LogP contribution is 2.32. The average Bonchev–Trinajstić information content (AvgIpc) is 2.80. The zero-order chi connectivity index (χ0) is 14.3. The van der Waals surface area contributed by atoms with Crippen molar-refractivity contribution in [2.24, 2.45) is 5.92 Å². The normalized spacial score (nSPS) is 18.9. The molecule has 5 heteroatoms. The van der Waals surface area contributed by atoms with Crippen LogP contribution in [0, 0.1) is 5.92 Å². The largest absolute Gasteiger partial charge is 0.416 e. The highest BCUT2D eigenvalue weighted by Gasteiger charge is 2.30. The summed E-state index contributed by atoms with van der Waals surface area (Å²) in [6, 6.07) is 5.22. The molecule has 0 amide bonds.